The van der Waals surface area contributed by atoms with Gasteiger partial charge in [-0.2, -0.15) is 0 Å². The van der Waals surface area contributed by atoms with Gasteiger partial charge in [0.15, 0.2) is 0 Å². The first-order chi connectivity index (χ1) is 13.2. The van der Waals surface area contributed by atoms with Gasteiger partial charge >= 0.3 is 0 Å². The molecule has 0 unspecified atom stereocenters. The Morgan fingerprint density at radius 2 is 2.22 bits per heavy atom. The molecular formula is C21H20ClN3O2. The van der Waals surface area contributed by atoms with E-state index in [1.54, 1.807) is 25.3 Å². The Morgan fingerprint density at radius 1 is 1.33 bits per heavy atom. The van der Waals surface area contributed by atoms with Crippen LogP contribution in [0.2, 0.25) is 5.02 Å². The minimum Gasteiger partial charge on any atom is -0.496 e. The molecule has 1 aliphatic heterocycles. The molecule has 1 amide bonds. The van der Waals surface area contributed by atoms with Crippen molar-refractivity contribution in [1.29, 1.82) is 0 Å². The quantitative estimate of drug-likeness (QED) is 0.740. The second-order valence-electron chi connectivity index (χ2n) is 6.55. The lowest BCUT2D eigenvalue weighted by atomic mass is 9.97. The number of aromatic nitrogens is 2. The first kappa shape index (κ1) is 17.6. The van der Waals surface area contributed by atoms with E-state index in [4.69, 9.17) is 16.3 Å². The lowest BCUT2D eigenvalue weighted by Crippen LogP contribution is -2.35. The van der Waals surface area contributed by atoms with Gasteiger partial charge in [-0.15, -0.1) is 0 Å². The highest BCUT2D eigenvalue weighted by molar-refractivity contribution is 6.30. The Balaban J connectivity index is 1.49. The van der Waals surface area contributed by atoms with Gasteiger partial charge in [-0.25, -0.2) is 4.98 Å². The number of methoxy groups -OCH3 is 1. The number of aromatic amines is 1. The van der Waals surface area contributed by atoms with Gasteiger partial charge in [-0.3, -0.25) is 4.79 Å². The van der Waals surface area contributed by atoms with Crippen LogP contribution in [0.15, 0.2) is 48.8 Å². The Labute approximate surface area is 162 Å². The van der Waals surface area contributed by atoms with Crippen molar-refractivity contribution in [3.8, 4) is 5.75 Å². The summed E-state index contributed by atoms with van der Waals surface area (Å²) >= 11 is 6.07. The smallest absolute Gasteiger partial charge is 0.227 e. The number of benzene rings is 1. The second-order valence-corrected chi connectivity index (χ2v) is 6.99. The third kappa shape index (κ3) is 3.55. The number of amides is 1. The third-order valence-electron chi connectivity index (χ3n) is 4.95. The zero-order valence-corrected chi connectivity index (χ0v) is 15.8. The summed E-state index contributed by atoms with van der Waals surface area (Å²) in [5, 5.41) is 1.72. The number of halogens is 1. The van der Waals surface area contributed by atoms with Crippen LogP contribution in [0.4, 0.5) is 0 Å². The van der Waals surface area contributed by atoms with E-state index in [9.17, 15) is 4.79 Å². The van der Waals surface area contributed by atoms with E-state index in [1.165, 1.54) is 11.1 Å². The summed E-state index contributed by atoms with van der Waals surface area (Å²) in [5.74, 6) is 0.764. The van der Waals surface area contributed by atoms with E-state index in [0.717, 1.165) is 23.0 Å². The van der Waals surface area contributed by atoms with Crippen molar-refractivity contribution in [2.75, 3.05) is 20.2 Å². The molecule has 0 fully saturated rings. The summed E-state index contributed by atoms with van der Waals surface area (Å²) in [6, 6.07) is 9.44. The predicted molar refractivity (Wildman–Crippen MR) is 107 cm³/mol. The first-order valence-electron chi connectivity index (χ1n) is 8.87. The number of carbonyl (C=O) groups is 1. The van der Waals surface area contributed by atoms with Crippen LogP contribution in [0.25, 0.3) is 16.6 Å². The number of fused-ring (bicyclic) bond motifs is 1. The molecule has 1 N–H and O–H groups in total. The van der Waals surface area contributed by atoms with Gasteiger partial charge in [0.1, 0.15) is 11.4 Å². The van der Waals surface area contributed by atoms with E-state index in [-0.39, 0.29) is 12.3 Å². The van der Waals surface area contributed by atoms with Crippen molar-refractivity contribution >= 4 is 34.1 Å². The van der Waals surface area contributed by atoms with Crippen molar-refractivity contribution in [2.24, 2.45) is 0 Å². The number of ether oxygens (including phenoxy) is 1. The molecule has 6 heteroatoms. The van der Waals surface area contributed by atoms with E-state index >= 15 is 0 Å². The van der Waals surface area contributed by atoms with Crippen LogP contribution in [0.3, 0.4) is 0 Å². The molecule has 0 spiro atoms. The topological polar surface area (TPSA) is 58.2 Å². The largest absolute Gasteiger partial charge is 0.496 e. The van der Waals surface area contributed by atoms with Crippen molar-refractivity contribution in [3.63, 3.8) is 0 Å². The van der Waals surface area contributed by atoms with Gasteiger partial charge in [-0.1, -0.05) is 17.7 Å². The van der Waals surface area contributed by atoms with Crippen molar-refractivity contribution < 1.29 is 9.53 Å². The van der Waals surface area contributed by atoms with E-state index < -0.39 is 0 Å². The van der Waals surface area contributed by atoms with E-state index in [2.05, 4.69) is 16.0 Å². The van der Waals surface area contributed by atoms with Crippen molar-refractivity contribution in [2.45, 2.75) is 12.8 Å². The zero-order valence-electron chi connectivity index (χ0n) is 15.0. The Kier molecular flexibility index (Phi) is 4.86. The molecule has 0 atom stereocenters. The predicted octanol–water partition coefficient (Wildman–Crippen LogP) is 4.08. The molecule has 27 heavy (non-hydrogen) atoms. The molecule has 138 valence electrons. The molecule has 5 nitrogen and oxygen atoms in total. The van der Waals surface area contributed by atoms with Crippen LogP contribution in [0.5, 0.6) is 5.75 Å². The minimum absolute atomic E-state index is 0.0763. The molecule has 1 aromatic carbocycles. The molecule has 2 aromatic heterocycles. The molecule has 0 saturated carbocycles. The molecule has 3 heterocycles. The fourth-order valence-electron chi connectivity index (χ4n) is 3.54. The van der Waals surface area contributed by atoms with Crippen LogP contribution >= 0.6 is 11.6 Å². The Bertz CT molecular complexity index is 1030. The summed E-state index contributed by atoms with van der Waals surface area (Å²) in [6.07, 6.45) is 6.96. The highest BCUT2D eigenvalue weighted by Crippen LogP contribution is 2.29. The number of carbonyl (C=O) groups excluding carboxylic acids is 1. The van der Waals surface area contributed by atoms with Gasteiger partial charge in [-0.05, 0) is 47.9 Å². The monoisotopic (exact) mass is 381 g/mol. The average Bonchev–Trinajstić information content (AvgIpc) is 3.17. The number of H-pyrrole nitrogens is 1. The summed E-state index contributed by atoms with van der Waals surface area (Å²) in [6.45, 7) is 1.30. The molecule has 3 aromatic rings. The van der Waals surface area contributed by atoms with Crippen molar-refractivity contribution in [3.05, 3.63) is 65.0 Å². The summed E-state index contributed by atoms with van der Waals surface area (Å²) in [4.78, 5) is 22.1. The maximum atomic E-state index is 12.7. The standard InChI is InChI=1S/C21H20ClN3O2/c1-27-19-3-2-16(22)12-15(19)13-20(26)25-10-6-14(7-11-25)17-4-8-23-21-18(17)5-9-24-21/h2-6,8-9,12H,7,10-11,13H2,1H3,(H,23,24). The fourth-order valence-corrected chi connectivity index (χ4v) is 3.74. The summed E-state index contributed by atoms with van der Waals surface area (Å²) < 4.78 is 5.35. The molecule has 0 aliphatic carbocycles. The Morgan fingerprint density at radius 3 is 3.00 bits per heavy atom. The minimum atomic E-state index is 0.0763. The normalized spacial score (nSPS) is 14.3. The maximum Gasteiger partial charge on any atom is 0.227 e. The Hall–Kier alpha value is -2.79. The van der Waals surface area contributed by atoms with Gasteiger partial charge in [0.2, 0.25) is 5.91 Å². The number of nitrogens with one attached hydrogen (secondary N) is 1. The van der Waals surface area contributed by atoms with Gasteiger partial charge < -0.3 is 14.6 Å². The van der Waals surface area contributed by atoms with Gasteiger partial charge in [0.25, 0.3) is 0 Å². The number of nitrogens with zero attached hydrogens (tertiary/aromatic N) is 2. The average molecular weight is 382 g/mol. The molecule has 0 saturated heterocycles. The molecule has 1 aliphatic rings. The summed E-state index contributed by atoms with van der Waals surface area (Å²) in [7, 11) is 1.60. The lowest BCUT2D eigenvalue weighted by Gasteiger charge is -2.27. The fraction of sp³-hybridized carbons (Fsp3) is 0.238. The van der Waals surface area contributed by atoms with E-state index in [1.807, 2.05) is 29.4 Å². The molecule has 0 radical (unpaired) electrons. The number of hydrogen-bond donors (Lipinski definition) is 1. The number of hydrogen-bond acceptors (Lipinski definition) is 3. The first-order valence-corrected chi connectivity index (χ1v) is 9.25. The van der Waals surface area contributed by atoms with Crippen LogP contribution in [-0.4, -0.2) is 41.0 Å². The molecular weight excluding hydrogens is 362 g/mol. The maximum absolute atomic E-state index is 12.7. The second kappa shape index (κ2) is 7.45. The third-order valence-corrected chi connectivity index (χ3v) is 5.19. The summed E-state index contributed by atoms with van der Waals surface area (Å²) in [5.41, 5.74) is 4.14. The highest BCUT2D eigenvalue weighted by Gasteiger charge is 2.20. The highest BCUT2D eigenvalue weighted by atomic mass is 35.5. The molecule has 4 rings (SSSR count). The van der Waals surface area contributed by atoms with E-state index in [0.29, 0.717) is 23.9 Å². The van der Waals surface area contributed by atoms with Crippen molar-refractivity contribution in [1.82, 2.24) is 14.9 Å². The van der Waals surface area contributed by atoms with Crippen LogP contribution in [0, 0.1) is 0 Å². The number of pyridine rings is 1. The van der Waals surface area contributed by atoms with Crippen LogP contribution < -0.4 is 4.74 Å². The number of rotatable bonds is 4. The van der Waals surface area contributed by atoms with Crippen LogP contribution in [-0.2, 0) is 11.2 Å². The van der Waals surface area contributed by atoms with Gasteiger partial charge in [0.05, 0.1) is 13.5 Å². The lowest BCUT2D eigenvalue weighted by molar-refractivity contribution is -0.130. The molecule has 0 bridgehead atoms. The zero-order chi connectivity index (χ0) is 18.8. The van der Waals surface area contributed by atoms with Gasteiger partial charge in [0, 0.05) is 41.5 Å². The van der Waals surface area contributed by atoms with Crippen LogP contribution in [0.1, 0.15) is 17.5 Å². The SMILES string of the molecule is COc1ccc(Cl)cc1CC(=O)N1CC=C(c2ccnc3[nH]ccc23)CC1.